The molecule has 0 aromatic carbocycles. The van der Waals surface area contributed by atoms with Gasteiger partial charge >= 0.3 is 5.97 Å². The summed E-state index contributed by atoms with van der Waals surface area (Å²) in [4.78, 5) is 12.9. The first-order valence-corrected chi connectivity index (χ1v) is 5.03. The van der Waals surface area contributed by atoms with Gasteiger partial charge in [0.25, 0.3) is 0 Å². The van der Waals surface area contributed by atoms with Gasteiger partial charge in [-0.3, -0.25) is 4.79 Å². The number of piperidine rings is 1. The van der Waals surface area contributed by atoms with Crippen LogP contribution < -0.4 is 0 Å². The number of nitrogens with zero attached hydrogens (tertiary/aromatic N) is 1. The molecule has 0 aliphatic carbocycles. The van der Waals surface area contributed by atoms with E-state index in [1.165, 1.54) is 7.11 Å². The van der Waals surface area contributed by atoms with Crippen LogP contribution in [0.25, 0.3) is 0 Å². The Hall–Kier alpha value is -0.640. The van der Waals surface area contributed by atoms with E-state index in [0.717, 1.165) is 13.0 Å². The molecule has 14 heavy (non-hydrogen) atoms. The van der Waals surface area contributed by atoms with E-state index in [1.807, 2.05) is 11.9 Å². The molecule has 0 bridgehead atoms. The largest absolute Gasteiger partial charge is 0.469 e. The van der Waals surface area contributed by atoms with E-state index in [2.05, 4.69) is 4.74 Å². The molecule has 4 heteroatoms. The highest BCUT2D eigenvalue weighted by atomic mass is 19.1. The number of alkyl halides is 1. The topological polar surface area (TPSA) is 29.5 Å². The van der Waals surface area contributed by atoms with E-state index in [4.69, 9.17) is 0 Å². The Kier molecular flexibility index (Phi) is 4.32. The van der Waals surface area contributed by atoms with Gasteiger partial charge in [0.2, 0.25) is 0 Å². The summed E-state index contributed by atoms with van der Waals surface area (Å²) in [6.45, 7) is 1.41. The van der Waals surface area contributed by atoms with E-state index in [9.17, 15) is 9.18 Å². The molecule has 1 aliphatic heterocycles. The maximum Gasteiger partial charge on any atom is 0.305 e. The minimum absolute atomic E-state index is 0.0327. The van der Waals surface area contributed by atoms with Crippen molar-refractivity contribution in [3.8, 4) is 0 Å². The van der Waals surface area contributed by atoms with Crippen molar-refractivity contribution >= 4 is 5.97 Å². The van der Waals surface area contributed by atoms with Crippen LogP contribution in [0.1, 0.15) is 19.3 Å². The normalized spacial score (nSPS) is 28.8. The summed E-state index contributed by atoms with van der Waals surface area (Å²) in [5.41, 5.74) is 0. The third-order valence-electron chi connectivity index (χ3n) is 2.83. The Bertz CT molecular complexity index is 199. The molecule has 0 unspecified atom stereocenters. The SMILES string of the molecule is COC(=O)CC[C@H]1CCN(C)C[C@H]1F. The number of methoxy groups -OCH3 is 1. The molecule has 0 aromatic heterocycles. The summed E-state index contributed by atoms with van der Waals surface area (Å²) in [5.74, 6) is -0.207. The Labute approximate surface area is 84.2 Å². The van der Waals surface area contributed by atoms with Gasteiger partial charge < -0.3 is 9.64 Å². The first-order valence-electron chi connectivity index (χ1n) is 5.03. The quantitative estimate of drug-likeness (QED) is 0.646. The number of carbonyl (C=O) groups is 1. The third-order valence-corrected chi connectivity index (χ3v) is 2.83. The molecular formula is C10H18FNO2. The molecule has 0 radical (unpaired) electrons. The Morgan fingerprint density at radius 1 is 1.64 bits per heavy atom. The number of hydrogen-bond acceptors (Lipinski definition) is 3. The highest BCUT2D eigenvalue weighted by Crippen LogP contribution is 2.24. The minimum Gasteiger partial charge on any atom is -0.469 e. The average Bonchev–Trinajstić information content (AvgIpc) is 2.16. The summed E-state index contributed by atoms with van der Waals surface area (Å²) in [6, 6.07) is 0. The third kappa shape index (κ3) is 3.25. The summed E-state index contributed by atoms with van der Waals surface area (Å²) >= 11 is 0. The van der Waals surface area contributed by atoms with Crippen molar-refractivity contribution in [2.45, 2.75) is 25.4 Å². The van der Waals surface area contributed by atoms with E-state index in [-0.39, 0.29) is 11.9 Å². The van der Waals surface area contributed by atoms with E-state index >= 15 is 0 Å². The standard InChI is InChI=1S/C10H18FNO2/c1-12-6-5-8(9(11)7-12)3-4-10(13)14-2/h8-9H,3-7H2,1-2H3/t8-,9+/m0/s1. The zero-order valence-electron chi connectivity index (χ0n) is 8.83. The minimum atomic E-state index is -0.793. The van der Waals surface area contributed by atoms with Crippen molar-refractivity contribution in [2.24, 2.45) is 5.92 Å². The first-order chi connectivity index (χ1) is 6.63. The van der Waals surface area contributed by atoms with Crippen LogP contribution in [0.5, 0.6) is 0 Å². The van der Waals surface area contributed by atoms with Crippen LogP contribution in [0, 0.1) is 5.92 Å². The fraction of sp³-hybridized carbons (Fsp3) is 0.900. The zero-order valence-corrected chi connectivity index (χ0v) is 8.83. The Morgan fingerprint density at radius 3 is 2.93 bits per heavy atom. The smallest absolute Gasteiger partial charge is 0.305 e. The molecule has 0 N–H and O–H groups in total. The number of carbonyl (C=O) groups excluding carboxylic acids is 1. The van der Waals surface area contributed by atoms with E-state index < -0.39 is 6.17 Å². The number of ether oxygens (including phenoxy) is 1. The lowest BCUT2D eigenvalue weighted by molar-refractivity contribution is -0.141. The lowest BCUT2D eigenvalue weighted by atomic mass is 9.91. The molecule has 0 saturated carbocycles. The summed E-state index contributed by atoms with van der Waals surface area (Å²) in [5, 5.41) is 0. The van der Waals surface area contributed by atoms with Gasteiger partial charge in [-0.2, -0.15) is 0 Å². The maximum absolute atomic E-state index is 13.5. The summed E-state index contributed by atoms with van der Waals surface area (Å²) in [7, 11) is 3.28. The highest BCUT2D eigenvalue weighted by Gasteiger charge is 2.27. The molecule has 82 valence electrons. The van der Waals surface area contributed by atoms with Crippen molar-refractivity contribution in [3.05, 3.63) is 0 Å². The average molecular weight is 203 g/mol. The van der Waals surface area contributed by atoms with Crippen molar-refractivity contribution in [2.75, 3.05) is 27.2 Å². The molecule has 1 fully saturated rings. The van der Waals surface area contributed by atoms with Gasteiger partial charge in [-0.1, -0.05) is 0 Å². The maximum atomic E-state index is 13.5. The van der Waals surface area contributed by atoms with Crippen molar-refractivity contribution < 1.29 is 13.9 Å². The molecule has 1 rings (SSSR count). The molecule has 0 amide bonds. The predicted octanol–water partition coefficient (Wildman–Crippen LogP) is 1.23. The molecule has 2 atom stereocenters. The monoisotopic (exact) mass is 203 g/mol. The molecular weight excluding hydrogens is 185 g/mol. The Morgan fingerprint density at radius 2 is 2.36 bits per heavy atom. The molecule has 0 spiro atoms. The van der Waals surface area contributed by atoms with Crippen molar-refractivity contribution in [3.63, 3.8) is 0 Å². The van der Waals surface area contributed by atoms with Crippen LogP contribution in [0.3, 0.4) is 0 Å². The van der Waals surface area contributed by atoms with Gasteiger partial charge in [0.05, 0.1) is 7.11 Å². The lowest BCUT2D eigenvalue weighted by Gasteiger charge is -2.31. The van der Waals surface area contributed by atoms with Crippen LogP contribution in [0.4, 0.5) is 4.39 Å². The molecule has 1 saturated heterocycles. The number of rotatable bonds is 3. The molecule has 1 heterocycles. The van der Waals surface area contributed by atoms with Crippen LogP contribution >= 0.6 is 0 Å². The number of hydrogen-bond donors (Lipinski definition) is 0. The number of esters is 1. The van der Waals surface area contributed by atoms with Crippen LogP contribution in [-0.2, 0) is 9.53 Å². The van der Waals surface area contributed by atoms with Crippen molar-refractivity contribution in [1.82, 2.24) is 4.90 Å². The second-order valence-electron chi connectivity index (χ2n) is 3.94. The van der Waals surface area contributed by atoms with Crippen LogP contribution in [-0.4, -0.2) is 44.3 Å². The van der Waals surface area contributed by atoms with Gasteiger partial charge in [-0.25, -0.2) is 4.39 Å². The van der Waals surface area contributed by atoms with E-state index in [0.29, 0.717) is 19.4 Å². The van der Waals surface area contributed by atoms with Gasteiger partial charge in [0, 0.05) is 13.0 Å². The van der Waals surface area contributed by atoms with Crippen LogP contribution in [0.2, 0.25) is 0 Å². The molecule has 3 nitrogen and oxygen atoms in total. The predicted molar refractivity (Wildman–Crippen MR) is 51.8 cm³/mol. The molecule has 1 aliphatic rings. The lowest BCUT2D eigenvalue weighted by Crippen LogP contribution is -2.39. The van der Waals surface area contributed by atoms with Gasteiger partial charge in [-0.15, -0.1) is 0 Å². The second kappa shape index (κ2) is 5.29. The fourth-order valence-corrected chi connectivity index (χ4v) is 1.84. The fourth-order valence-electron chi connectivity index (χ4n) is 1.84. The van der Waals surface area contributed by atoms with E-state index in [1.54, 1.807) is 0 Å². The summed E-state index contributed by atoms with van der Waals surface area (Å²) in [6.07, 6.45) is 1.00. The van der Waals surface area contributed by atoms with Gasteiger partial charge in [-0.05, 0) is 32.4 Å². The van der Waals surface area contributed by atoms with Crippen molar-refractivity contribution in [1.29, 1.82) is 0 Å². The number of likely N-dealkylation sites (tertiary alicyclic amines) is 1. The number of halogens is 1. The van der Waals surface area contributed by atoms with Gasteiger partial charge in [0.15, 0.2) is 0 Å². The highest BCUT2D eigenvalue weighted by molar-refractivity contribution is 5.69. The first kappa shape index (κ1) is 11.4. The summed E-state index contributed by atoms with van der Waals surface area (Å²) < 4.78 is 18.0. The zero-order chi connectivity index (χ0) is 10.6. The second-order valence-corrected chi connectivity index (χ2v) is 3.94. The van der Waals surface area contributed by atoms with Crippen LogP contribution in [0.15, 0.2) is 0 Å². The molecule has 0 aromatic rings. The Balaban J connectivity index is 2.27. The van der Waals surface area contributed by atoms with Gasteiger partial charge in [0.1, 0.15) is 6.17 Å².